The Balaban J connectivity index is 1.93. The molecular weight excluding hydrogens is 266 g/mol. The van der Waals surface area contributed by atoms with E-state index < -0.39 is 0 Å². The van der Waals surface area contributed by atoms with Crippen molar-refractivity contribution in [1.82, 2.24) is 4.37 Å². The molecule has 1 fully saturated rings. The quantitative estimate of drug-likeness (QED) is 0.901. The lowest BCUT2D eigenvalue weighted by molar-refractivity contribution is 0.558. The van der Waals surface area contributed by atoms with Crippen LogP contribution in [-0.2, 0) is 0 Å². The Morgan fingerprint density at radius 1 is 0.950 bits per heavy atom. The largest absolute Gasteiger partial charge is 0.382 e. The minimum absolute atomic E-state index is 0.665. The Morgan fingerprint density at radius 2 is 1.60 bits per heavy atom. The highest BCUT2D eigenvalue weighted by molar-refractivity contribution is 7.11. The minimum atomic E-state index is 0.665. The van der Waals surface area contributed by atoms with Crippen LogP contribution in [0.4, 0.5) is 10.8 Å². The third-order valence-corrected chi connectivity index (χ3v) is 4.83. The van der Waals surface area contributed by atoms with Crippen LogP contribution in [0, 0.1) is 0 Å². The topological polar surface area (TPSA) is 42.1 Å². The molecule has 0 atom stereocenters. The third-order valence-electron chi connectivity index (χ3n) is 3.91. The van der Waals surface area contributed by atoms with Crippen LogP contribution in [0.5, 0.6) is 0 Å². The molecule has 1 aromatic heterocycles. The van der Waals surface area contributed by atoms with Gasteiger partial charge in [-0.3, -0.25) is 0 Å². The van der Waals surface area contributed by atoms with Crippen molar-refractivity contribution in [2.45, 2.75) is 32.1 Å². The number of nitrogens with zero attached hydrogens (tertiary/aromatic N) is 2. The Kier molecular flexibility index (Phi) is 4.21. The van der Waals surface area contributed by atoms with Gasteiger partial charge in [-0.15, -0.1) is 0 Å². The standard InChI is InChI=1S/C16H21N3S/c17-15-14(13-9-5-4-6-10-13)16(20-18-15)19-11-7-2-1-3-8-12-19/h4-6,9-10H,1-3,7-8,11-12H2,(H2,17,18). The molecule has 1 saturated heterocycles. The molecule has 1 aliphatic heterocycles. The summed E-state index contributed by atoms with van der Waals surface area (Å²) >= 11 is 1.54. The molecule has 20 heavy (non-hydrogen) atoms. The van der Waals surface area contributed by atoms with Gasteiger partial charge in [0.1, 0.15) is 10.8 Å². The van der Waals surface area contributed by atoms with Crippen LogP contribution < -0.4 is 10.6 Å². The summed E-state index contributed by atoms with van der Waals surface area (Å²) in [5.74, 6) is 0.665. The fourth-order valence-corrected chi connectivity index (χ4v) is 3.72. The zero-order chi connectivity index (χ0) is 13.8. The fourth-order valence-electron chi connectivity index (χ4n) is 2.84. The Morgan fingerprint density at radius 3 is 2.30 bits per heavy atom. The molecule has 0 spiro atoms. The molecular formula is C16H21N3S. The van der Waals surface area contributed by atoms with Gasteiger partial charge in [0.15, 0.2) is 0 Å². The number of benzene rings is 1. The highest BCUT2D eigenvalue weighted by Gasteiger charge is 2.19. The molecule has 0 unspecified atom stereocenters. The molecule has 2 N–H and O–H groups in total. The van der Waals surface area contributed by atoms with Crippen LogP contribution in [-0.4, -0.2) is 17.5 Å². The van der Waals surface area contributed by atoms with Crippen molar-refractivity contribution in [3.8, 4) is 11.1 Å². The average Bonchev–Trinajstić information content (AvgIpc) is 2.81. The fraction of sp³-hybridized carbons (Fsp3) is 0.438. The van der Waals surface area contributed by atoms with Crippen molar-refractivity contribution in [3.05, 3.63) is 30.3 Å². The summed E-state index contributed by atoms with van der Waals surface area (Å²) in [4.78, 5) is 2.48. The number of rotatable bonds is 2. The molecule has 3 nitrogen and oxygen atoms in total. The lowest BCUT2D eigenvalue weighted by atomic mass is 10.1. The molecule has 0 radical (unpaired) electrons. The average molecular weight is 287 g/mol. The number of hydrogen-bond acceptors (Lipinski definition) is 4. The van der Waals surface area contributed by atoms with Gasteiger partial charge in [-0.2, -0.15) is 4.37 Å². The van der Waals surface area contributed by atoms with Crippen LogP contribution in [0.3, 0.4) is 0 Å². The maximum Gasteiger partial charge on any atom is 0.147 e. The predicted octanol–water partition coefficient (Wildman–Crippen LogP) is 4.16. The Hall–Kier alpha value is -1.55. The number of nitrogen functional groups attached to an aromatic ring is 1. The highest BCUT2D eigenvalue weighted by Crippen LogP contribution is 2.39. The maximum atomic E-state index is 6.12. The number of hydrogen-bond donors (Lipinski definition) is 1. The molecule has 3 rings (SSSR count). The molecule has 0 aliphatic carbocycles. The third kappa shape index (κ3) is 2.80. The summed E-state index contributed by atoms with van der Waals surface area (Å²) in [6.45, 7) is 2.25. The van der Waals surface area contributed by atoms with E-state index in [0.717, 1.165) is 18.7 Å². The second-order valence-electron chi connectivity index (χ2n) is 5.37. The van der Waals surface area contributed by atoms with E-state index in [9.17, 15) is 0 Å². The summed E-state index contributed by atoms with van der Waals surface area (Å²) in [7, 11) is 0. The van der Waals surface area contributed by atoms with Crippen molar-refractivity contribution in [3.63, 3.8) is 0 Å². The summed E-state index contributed by atoms with van der Waals surface area (Å²) in [5.41, 5.74) is 8.42. The molecule has 1 aliphatic rings. The van der Waals surface area contributed by atoms with Crippen LogP contribution in [0.2, 0.25) is 0 Å². The van der Waals surface area contributed by atoms with Gasteiger partial charge in [-0.1, -0.05) is 49.6 Å². The van der Waals surface area contributed by atoms with Crippen molar-refractivity contribution in [1.29, 1.82) is 0 Å². The first kappa shape index (κ1) is 13.4. The summed E-state index contributed by atoms with van der Waals surface area (Å²) in [5, 5.41) is 1.25. The second-order valence-corrected chi connectivity index (χ2v) is 6.12. The van der Waals surface area contributed by atoms with Gasteiger partial charge < -0.3 is 10.6 Å². The highest BCUT2D eigenvalue weighted by atomic mass is 32.1. The normalized spacial score (nSPS) is 16.7. The van der Waals surface area contributed by atoms with E-state index in [0.29, 0.717) is 5.82 Å². The van der Waals surface area contributed by atoms with Crippen molar-refractivity contribution < 1.29 is 0 Å². The van der Waals surface area contributed by atoms with Crippen molar-refractivity contribution in [2.24, 2.45) is 0 Å². The van der Waals surface area contributed by atoms with E-state index in [1.165, 1.54) is 42.7 Å². The molecule has 1 aromatic carbocycles. The molecule has 2 aromatic rings. The zero-order valence-electron chi connectivity index (χ0n) is 11.7. The number of aromatic nitrogens is 1. The van der Waals surface area contributed by atoms with E-state index in [2.05, 4.69) is 33.5 Å². The number of anilines is 2. The van der Waals surface area contributed by atoms with E-state index in [1.54, 1.807) is 11.5 Å². The first-order chi connectivity index (χ1) is 9.86. The van der Waals surface area contributed by atoms with Gasteiger partial charge in [0.25, 0.3) is 0 Å². The second kappa shape index (κ2) is 6.27. The molecule has 0 saturated carbocycles. The first-order valence-corrected chi connectivity index (χ1v) is 8.19. The molecule has 0 amide bonds. The van der Waals surface area contributed by atoms with Gasteiger partial charge in [-0.05, 0) is 29.9 Å². The summed E-state index contributed by atoms with van der Waals surface area (Å²) in [6, 6.07) is 10.4. The van der Waals surface area contributed by atoms with E-state index in [4.69, 9.17) is 5.73 Å². The van der Waals surface area contributed by atoms with Crippen molar-refractivity contribution >= 4 is 22.4 Å². The smallest absolute Gasteiger partial charge is 0.147 e. The van der Waals surface area contributed by atoms with Crippen LogP contribution in [0.15, 0.2) is 30.3 Å². The van der Waals surface area contributed by atoms with Gasteiger partial charge in [-0.25, -0.2) is 0 Å². The minimum Gasteiger partial charge on any atom is -0.382 e. The molecule has 2 heterocycles. The molecule has 0 bridgehead atoms. The Labute approximate surface area is 124 Å². The van der Waals surface area contributed by atoms with E-state index in [1.807, 2.05) is 6.07 Å². The Bertz CT molecular complexity index is 542. The zero-order valence-corrected chi connectivity index (χ0v) is 12.5. The lowest BCUT2D eigenvalue weighted by Crippen LogP contribution is -2.26. The summed E-state index contributed by atoms with van der Waals surface area (Å²) in [6.07, 6.45) is 6.60. The monoisotopic (exact) mass is 287 g/mol. The predicted molar refractivity (Wildman–Crippen MR) is 87.3 cm³/mol. The van der Waals surface area contributed by atoms with Gasteiger partial charge in [0, 0.05) is 13.1 Å². The maximum absolute atomic E-state index is 6.12. The van der Waals surface area contributed by atoms with Crippen LogP contribution in [0.1, 0.15) is 32.1 Å². The number of nitrogens with two attached hydrogens (primary N) is 1. The van der Waals surface area contributed by atoms with Crippen molar-refractivity contribution in [2.75, 3.05) is 23.7 Å². The van der Waals surface area contributed by atoms with Gasteiger partial charge in [0.2, 0.25) is 0 Å². The van der Waals surface area contributed by atoms with E-state index in [-0.39, 0.29) is 0 Å². The van der Waals surface area contributed by atoms with Gasteiger partial charge >= 0.3 is 0 Å². The summed E-state index contributed by atoms with van der Waals surface area (Å²) < 4.78 is 4.40. The van der Waals surface area contributed by atoms with Crippen LogP contribution in [0.25, 0.3) is 11.1 Å². The van der Waals surface area contributed by atoms with Crippen LogP contribution >= 0.6 is 11.5 Å². The molecule has 4 heteroatoms. The lowest BCUT2D eigenvalue weighted by Gasteiger charge is -2.26. The first-order valence-electron chi connectivity index (χ1n) is 7.42. The van der Waals surface area contributed by atoms with Gasteiger partial charge in [0.05, 0.1) is 5.56 Å². The SMILES string of the molecule is Nc1nsc(N2CCCCCCC2)c1-c1ccccc1. The van der Waals surface area contributed by atoms with E-state index >= 15 is 0 Å². The molecule has 106 valence electrons.